The fourth-order valence-electron chi connectivity index (χ4n) is 0. The van der Waals surface area contributed by atoms with Gasteiger partial charge in [0.05, 0.1) is 0 Å². The molecule has 0 fully saturated rings. The zero-order valence-corrected chi connectivity index (χ0v) is 9.02. The standard InChI is InChI=1S/C5H13N.2C2H6/c1-5(2)6(3)4;2*1-2/h5H,1-4H3;2*1-2H3. The van der Waals surface area contributed by atoms with E-state index in [1.807, 2.05) is 27.7 Å². The molecule has 0 N–H and O–H groups in total. The van der Waals surface area contributed by atoms with E-state index in [0.29, 0.717) is 6.04 Å². The summed E-state index contributed by atoms with van der Waals surface area (Å²) in [5.41, 5.74) is 0. The van der Waals surface area contributed by atoms with Gasteiger partial charge < -0.3 is 4.90 Å². The van der Waals surface area contributed by atoms with Crippen molar-refractivity contribution in [2.24, 2.45) is 0 Å². The van der Waals surface area contributed by atoms with Crippen molar-refractivity contribution in [3.63, 3.8) is 0 Å². The van der Waals surface area contributed by atoms with Crippen LogP contribution in [0, 0.1) is 0 Å². The maximum atomic E-state index is 2.17. The number of hydrogen-bond donors (Lipinski definition) is 0. The van der Waals surface area contributed by atoms with E-state index in [1.165, 1.54) is 0 Å². The molecule has 0 saturated heterocycles. The maximum absolute atomic E-state index is 2.17. The average molecular weight is 147 g/mol. The van der Waals surface area contributed by atoms with Gasteiger partial charge in [-0.2, -0.15) is 0 Å². The van der Waals surface area contributed by atoms with E-state index in [0.717, 1.165) is 0 Å². The molecule has 0 aromatic carbocycles. The van der Waals surface area contributed by atoms with Crippen LogP contribution in [0.5, 0.6) is 0 Å². The molecule has 0 aromatic heterocycles. The van der Waals surface area contributed by atoms with Gasteiger partial charge in [0.25, 0.3) is 0 Å². The lowest BCUT2D eigenvalue weighted by molar-refractivity contribution is 0.335. The van der Waals surface area contributed by atoms with Gasteiger partial charge in [-0.05, 0) is 27.9 Å². The minimum absolute atomic E-state index is 0.685. The molecule has 0 unspecified atom stereocenters. The summed E-state index contributed by atoms with van der Waals surface area (Å²) in [5.74, 6) is 0. The van der Waals surface area contributed by atoms with Gasteiger partial charge in [0.15, 0.2) is 0 Å². The Balaban J connectivity index is -0.000000105. The van der Waals surface area contributed by atoms with Crippen LogP contribution in [-0.2, 0) is 0 Å². The molecular weight excluding hydrogens is 122 g/mol. The Labute approximate surface area is 67.4 Å². The molecule has 10 heavy (non-hydrogen) atoms. The van der Waals surface area contributed by atoms with Crippen molar-refractivity contribution < 1.29 is 0 Å². The van der Waals surface area contributed by atoms with Crippen LogP contribution in [0.2, 0.25) is 0 Å². The van der Waals surface area contributed by atoms with E-state index in [-0.39, 0.29) is 0 Å². The summed E-state index contributed by atoms with van der Waals surface area (Å²) >= 11 is 0. The lowest BCUT2D eigenvalue weighted by Gasteiger charge is -2.12. The molecule has 0 aliphatic rings. The third-order valence-electron chi connectivity index (χ3n) is 1.03. The fourth-order valence-corrected chi connectivity index (χ4v) is 0. The monoisotopic (exact) mass is 147 g/mol. The van der Waals surface area contributed by atoms with Gasteiger partial charge in [-0.15, -0.1) is 0 Å². The topological polar surface area (TPSA) is 3.24 Å². The molecule has 0 aliphatic heterocycles. The van der Waals surface area contributed by atoms with Crippen LogP contribution in [-0.4, -0.2) is 25.0 Å². The lowest BCUT2D eigenvalue weighted by Crippen LogP contribution is -2.20. The largest absolute Gasteiger partial charge is 0.307 e. The smallest absolute Gasteiger partial charge is 0.00324 e. The Hall–Kier alpha value is -0.0400. The quantitative estimate of drug-likeness (QED) is 0.551. The highest BCUT2D eigenvalue weighted by Gasteiger charge is 1.90. The van der Waals surface area contributed by atoms with Crippen LogP contribution in [0.3, 0.4) is 0 Å². The van der Waals surface area contributed by atoms with Crippen LogP contribution in [0.25, 0.3) is 0 Å². The highest BCUT2D eigenvalue weighted by atomic mass is 15.1. The van der Waals surface area contributed by atoms with Gasteiger partial charge in [-0.25, -0.2) is 0 Å². The molecule has 0 amide bonds. The second-order valence-corrected chi connectivity index (χ2v) is 2.06. The predicted molar refractivity (Wildman–Crippen MR) is 51.5 cm³/mol. The molecule has 1 nitrogen and oxygen atoms in total. The molecule has 0 heterocycles. The normalized spacial score (nSPS) is 7.80. The molecule has 0 rings (SSSR count). The van der Waals surface area contributed by atoms with E-state index < -0.39 is 0 Å². The molecule has 66 valence electrons. The second-order valence-electron chi connectivity index (χ2n) is 2.06. The third-order valence-corrected chi connectivity index (χ3v) is 1.03. The van der Waals surface area contributed by atoms with Gasteiger partial charge in [0.1, 0.15) is 0 Å². The van der Waals surface area contributed by atoms with Crippen LogP contribution >= 0.6 is 0 Å². The van der Waals surface area contributed by atoms with Gasteiger partial charge in [0, 0.05) is 6.04 Å². The molecule has 0 aromatic rings. The summed E-state index contributed by atoms with van der Waals surface area (Å²) in [5, 5.41) is 0. The molecule has 1 heteroatoms. The first-order valence-corrected chi connectivity index (χ1v) is 4.31. The zero-order chi connectivity index (χ0) is 9.15. The van der Waals surface area contributed by atoms with E-state index in [9.17, 15) is 0 Å². The molecule has 0 spiro atoms. The first-order valence-electron chi connectivity index (χ1n) is 4.31. The van der Waals surface area contributed by atoms with Crippen molar-refractivity contribution in [2.75, 3.05) is 14.1 Å². The van der Waals surface area contributed by atoms with Gasteiger partial charge in [-0.3, -0.25) is 0 Å². The van der Waals surface area contributed by atoms with Gasteiger partial charge in [-0.1, -0.05) is 27.7 Å². The second kappa shape index (κ2) is 16.0. The Kier molecular flexibility index (Phi) is 26.4. The first-order chi connectivity index (χ1) is 4.64. The Morgan fingerprint density at radius 1 is 0.800 bits per heavy atom. The van der Waals surface area contributed by atoms with Crippen molar-refractivity contribution in [1.82, 2.24) is 4.90 Å². The molecule has 0 aliphatic carbocycles. The zero-order valence-electron chi connectivity index (χ0n) is 9.02. The Bertz CT molecular complexity index is 25.7. The van der Waals surface area contributed by atoms with Crippen LogP contribution < -0.4 is 0 Å². The average Bonchev–Trinajstić information content (AvgIpc) is 1.96. The summed E-state index contributed by atoms with van der Waals surface area (Å²) in [4.78, 5) is 2.17. The summed E-state index contributed by atoms with van der Waals surface area (Å²) < 4.78 is 0. The summed E-state index contributed by atoms with van der Waals surface area (Å²) in [6.07, 6.45) is 0. The lowest BCUT2D eigenvalue weighted by atomic mass is 10.4. The molecule has 0 radical (unpaired) electrons. The summed E-state index contributed by atoms with van der Waals surface area (Å²) in [6, 6.07) is 0.685. The number of nitrogens with zero attached hydrogens (tertiary/aromatic N) is 1. The van der Waals surface area contributed by atoms with Gasteiger partial charge >= 0.3 is 0 Å². The van der Waals surface area contributed by atoms with Crippen molar-refractivity contribution >= 4 is 0 Å². The number of hydrogen-bond acceptors (Lipinski definition) is 1. The molecule has 0 atom stereocenters. The minimum Gasteiger partial charge on any atom is -0.307 e. The highest BCUT2D eigenvalue weighted by Crippen LogP contribution is 1.84. The van der Waals surface area contributed by atoms with Crippen molar-refractivity contribution in [3.05, 3.63) is 0 Å². The summed E-state index contributed by atoms with van der Waals surface area (Å²) in [7, 11) is 4.15. The highest BCUT2D eigenvalue weighted by molar-refractivity contribution is 4.46. The van der Waals surface area contributed by atoms with Crippen LogP contribution in [0.15, 0.2) is 0 Å². The Morgan fingerprint density at radius 2 is 0.900 bits per heavy atom. The summed E-state index contributed by atoms with van der Waals surface area (Å²) in [6.45, 7) is 12.3. The molecule has 0 saturated carbocycles. The van der Waals surface area contributed by atoms with Crippen LogP contribution in [0.4, 0.5) is 0 Å². The van der Waals surface area contributed by atoms with Gasteiger partial charge in [0.2, 0.25) is 0 Å². The predicted octanol–water partition coefficient (Wildman–Crippen LogP) is 3.01. The first kappa shape index (κ1) is 16.5. The molecular formula is C9H25N. The van der Waals surface area contributed by atoms with Crippen molar-refractivity contribution in [3.8, 4) is 0 Å². The SMILES string of the molecule is CC.CC.CC(C)N(C)C. The number of rotatable bonds is 1. The minimum atomic E-state index is 0.685. The maximum Gasteiger partial charge on any atom is 0.00324 e. The van der Waals surface area contributed by atoms with E-state index >= 15 is 0 Å². The third kappa shape index (κ3) is 24.6. The van der Waals surface area contributed by atoms with Crippen LogP contribution in [0.1, 0.15) is 41.5 Å². The fraction of sp³-hybridized carbons (Fsp3) is 1.00. The Morgan fingerprint density at radius 3 is 0.900 bits per heavy atom. The molecule has 0 bridgehead atoms. The van der Waals surface area contributed by atoms with E-state index in [2.05, 4.69) is 32.8 Å². The van der Waals surface area contributed by atoms with E-state index in [4.69, 9.17) is 0 Å². The van der Waals surface area contributed by atoms with E-state index in [1.54, 1.807) is 0 Å². The van der Waals surface area contributed by atoms with Crippen molar-refractivity contribution in [1.29, 1.82) is 0 Å². The van der Waals surface area contributed by atoms with Crippen molar-refractivity contribution in [2.45, 2.75) is 47.6 Å².